The van der Waals surface area contributed by atoms with Crippen molar-refractivity contribution in [2.24, 2.45) is 0 Å². The topological polar surface area (TPSA) is 0 Å². The van der Waals surface area contributed by atoms with E-state index in [9.17, 15) is 0 Å². The van der Waals surface area contributed by atoms with Gasteiger partial charge in [0.05, 0.1) is 69.5 Å². The lowest BCUT2D eigenvalue weighted by molar-refractivity contribution is -1.05. The monoisotopic (exact) mass is 249 g/mol. The molecule has 3 nitrogen and oxygen atoms in total. The molecule has 0 aromatic heterocycles. The smallest absolute Gasteiger partial charge is 0.206 e. The van der Waals surface area contributed by atoms with Crippen LogP contribution in [-0.4, -0.2) is 89.6 Å². The molecule has 0 radical (unpaired) electrons. The van der Waals surface area contributed by atoms with Gasteiger partial charge in [0, 0.05) is 0 Å². The third kappa shape index (κ3) is 21.7. The summed E-state index contributed by atoms with van der Waals surface area (Å²) in [5.74, 6) is 0. The van der Waals surface area contributed by atoms with Crippen LogP contribution in [0.4, 0.5) is 0 Å². The van der Waals surface area contributed by atoms with Gasteiger partial charge in [-0.15, -0.1) is 0 Å². The van der Waals surface area contributed by atoms with Crippen molar-refractivity contribution >= 4 is 0 Å². The van der Waals surface area contributed by atoms with Crippen molar-refractivity contribution in [3.05, 3.63) is 7.43 Å². The molecule has 0 aromatic rings. The number of quaternary nitrogens is 3. The van der Waals surface area contributed by atoms with Crippen LogP contribution in [0.2, 0.25) is 0 Å². The van der Waals surface area contributed by atoms with Gasteiger partial charge >= 0.3 is 0 Å². The average Bonchev–Trinajstić information content (AvgIpc) is 1.75. The Morgan fingerprint density at radius 2 is 0.824 bits per heavy atom. The van der Waals surface area contributed by atoms with E-state index in [1.54, 1.807) is 0 Å². The van der Waals surface area contributed by atoms with Gasteiger partial charge in [-0.25, -0.2) is 0 Å². The number of rotatable bonds is 3. The van der Waals surface area contributed by atoms with Crippen LogP contribution in [0.25, 0.3) is 0 Å². The van der Waals surface area contributed by atoms with Crippen LogP contribution in [0.3, 0.4) is 0 Å². The van der Waals surface area contributed by atoms with Crippen molar-refractivity contribution in [1.29, 1.82) is 0 Å². The molecule has 0 rings (SSSR count). The highest BCUT2D eigenvalue weighted by molar-refractivity contribution is 4.31. The standard InChI is InChI=1S/C7H20N2.C6H16N.CH3/c1-8(2,3)7-9(4,5)6;1-6(2)7(3,4)5;/h7H2,1-6H3;6H,1-5H3;1H3/q+2;+1;-1. The van der Waals surface area contributed by atoms with Gasteiger partial charge in [-0.1, -0.05) is 0 Å². The van der Waals surface area contributed by atoms with Crippen LogP contribution < -0.4 is 0 Å². The SMILES string of the molecule is CC(C)[N+](C)(C)C.C[N+](C)(C)C[N+](C)(C)C.[CH3-]. The summed E-state index contributed by atoms with van der Waals surface area (Å²) in [7, 11) is 19.9. The van der Waals surface area contributed by atoms with Crippen molar-refractivity contribution in [3.8, 4) is 0 Å². The second kappa shape index (κ2) is 7.34. The zero-order chi connectivity index (χ0) is 13.8. The summed E-state index contributed by atoms with van der Waals surface area (Å²) in [6, 6.07) is 0.736. The molecule has 0 unspecified atom stereocenters. The summed E-state index contributed by atoms with van der Waals surface area (Å²) in [5.41, 5.74) is 0. The van der Waals surface area contributed by atoms with E-state index in [1.807, 2.05) is 0 Å². The van der Waals surface area contributed by atoms with Crippen molar-refractivity contribution in [1.82, 2.24) is 0 Å². The Labute approximate surface area is 111 Å². The first-order chi connectivity index (χ1) is 6.65. The lowest BCUT2D eigenvalue weighted by Crippen LogP contribution is -2.51. The van der Waals surface area contributed by atoms with Gasteiger partial charge in [0.2, 0.25) is 6.67 Å². The molecule has 0 amide bonds. The van der Waals surface area contributed by atoms with Crippen molar-refractivity contribution in [2.75, 3.05) is 70.1 Å². The minimum absolute atomic E-state index is 0. The third-order valence-electron chi connectivity index (χ3n) is 2.40. The molecule has 0 heterocycles. The molecule has 17 heavy (non-hydrogen) atoms. The molecular weight excluding hydrogens is 210 g/mol. The zero-order valence-electron chi connectivity index (χ0n) is 14.6. The van der Waals surface area contributed by atoms with Crippen molar-refractivity contribution in [3.63, 3.8) is 0 Å². The molecule has 0 aliphatic carbocycles. The van der Waals surface area contributed by atoms with E-state index in [1.165, 1.54) is 6.67 Å². The van der Waals surface area contributed by atoms with E-state index in [0.717, 1.165) is 19.5 Å². The fraction of sp³-hybridized carbons (Fsp3) is 0.929. The van der Waals surface area contributed by atoms with Crippen LogP contribution in [-0.2, 0) is 0 Å². The highest BCUT2D eigenvalue weighted by Gasteiger charge is 2.17. The molecule has 0 aliphatic rings. The average molecular weight is 249 g/mol. The third-order valence-corrected chi connectivity index (χ3v) is 2.40. The molecular formula is C14H39N3+2. The van der Waals surface area contributed by atoms with E-state index in [2.05, 4.69) is 77.3 Å². The Morgan fingerprint density at radius 3 is 0.824 bits per heavy atom. The van der Waals surface area contributed by atoms with E-state index in [0.29, 0.717) is 0 Å². The van der Waals surface area contributed by atoms with Crippen LogP contribution in [0.15, 0.2) is 0 Å². The summed E-state index contributed by atoms with van der Waals surface area (Å²) in [6.07, 6.45) is 0. The lowest BCUT2D eigenvalue weighted by Gasteiger charge is -2.32. The Kier molecular flexibility index (Phi) is 9.55. The summed E-state index contributed by atoms with van der Waals surface area (Å²) < 4.78 is 3.12. The lowest BCUT2D eigenvalue weighted by atomic mass is 10.3. The first-order valence-corrected chi connectivity index (χ1v) is 6.07. The molecule has 0 fully saturated rings. The normalized spacial score (nSPS) is 12.7. The first-order valence-electron chi connectivity index (χ1n) is 6.07. The van der Waals surface area contributed by atoms with Gasteiger partial charge in [0.1, 0.15) is 0 Å². The molecule has 0 atom stereocenters. The Hall–Kier alpha value is -0.120. The molecule has 0 N–H and O–H groups in total. The van der Waals surface area contributed by atoms with Gasteiger partial charge in [-0.3, -0.25) is 8.97 Å². The molecule has 0 aromatic carbocycles. The molecule has 0 aliphatic heterocycles. The predicted octanol–water partition coefficient (Wildman–Crippen LogP) is 1.91. The quantitative estimate of drug-likeness (QED) is 0.407. The summed E-state index contributed by atoms with van der Waals surface area (Å²) in [6.45, 7) is 5.61. The maximum absolute atomic E-state index is 2.22. The van der Waals surface area contributed by atoms with Crippen LogP contribution in [0, 0.1) is 7.43 Å². The van der Waals surface area contributed by atoms with Gasteiger partial charge in [-0.2, -0.15) is 0 Å². The van der Waals surface area contributed by atoms with Gasteiger partial charge in [0.15, 0.2) is 0 Å². The molecule has 0 saturated heterocycles. The largest absolute Gasteiger partial charge is 0.358 e. The number of hydrogen-bond acceptors (Lipinski definition) is 0. The van der Waals surface area contributed by atoms with E-state index < -0.39 is 0 Å². The van der Waals surface area contributed by atoms with Crippen molar-refractivity contribution < 1.29 is 13.4 Å². The fourth-order valence-corrected chi connectivity index (χ4v) is 1.27. The molecule has 3 heteroatoms. The molecule has 0 spiro atoms. The minimum Gasteiger partial charge on any atom is -0.358 e. The number of nitrogens with zero attached hydrogens (tertiary/aromatic N) is 3. The van der Waals surface area contributed by atoms with E-state index in [-0.39, 0.29) is 7.43 Å². The fourth-order valence-electron chi connectivity index (χ4n) is 1.27. The van der Waals surface area contributed by atoms with E-state index in [4.69, 9.17) is 0 Å². The highest BCUT2D eigenvalue weighted by atomic mass is 15.5. The van der Waals surface area contributed by atoms with Gasteiger partial charge in [0.25, 0.3) is 0 Å². The van der Waals surface area contributed by atoms with E-state index >= 15 is 0 Å². The van der Waals surface area contributed by atoms with Crippen LogP contribution >= 0.6 is 0 Å². The molecule has 0 bridgehead atoms. The maximum Gasteiger partial charge on any atom is 0.206 e. The second-order valence-electron chi connectivity index (χ2n) is 7.93. The maximum atomic E-state index is 2.22. The van der Waals surface area contributed by atoms with Gasteiger partial charge in [-0.05, 0) is 13.8 Å². The summed E-state index contributed by atoms with van der Waals surface area (Å²) in [4.78, 5) is 0. The minimum atomic E-state index is 0. The van der Waals surface area contributed by atoms with Crippen LogP contribution in [0.5, 0.6) is 0 Å². The zero-order valence-corrected chi connectivity index (χ0v) is 14.6. The molecule has 108 valence electrons. The predicted molar refractivity (Wildman–Crippen MR) is 80.5 cm³/mol. The Balaban J connectivity index is -0.000000224. The molecule has 0 saturated carbocycles. The van der Waals surface area contributed by atoms with Crippen molar-refractivity contribution in [2.45, 2.75) is 19.9 Å². The second-order valence-corrected chi connectivity index (χ2v) is 7.93. The summed E-state index contributed by atoms with van der Waals surface area (Å²) in [5, 5.41) is 0. The Morgan fingerprint density at radius 1 is 0.647 bits per heavy atom. The summed E-state index contributed by atoms with van der Waals surface area (Å²) >= 11 is 0. The Bertz CT molecular complexity index is 165. The van der Waals surface area contributed by atoms with Gasteiger partial charge < -0.3 is 11.9 Å². The van der Waals surface area contributed by atoms with Crippen LogP contribution in [0.1, 0.15) is 13.8 Å². The highest BCUT2D eigenvalue weighted by Crippen LogP contribution is 1.98. The first kappa shape index (κ1) is 22.1. The number of hydrogen-bond donors (Lipinski definition) is 0.